The zero-order valence-corrected chi connectivity index (χ0v) is 15.4. The number of hydrogen-bond donors (Lipinski definition) is 2. The Hall–Kier alpha value is -3.22. The van der Waals surface area contributed by atoms with E-state index in [1.165, 1.54) is 21.3 Å². The fourth-order valence-corrected chi connectivity index (χ4v) is 2.52. The van der Waals surface area contributed by atoms with E-state index in [9.17, 15) is 9.59 Å². The van der Waals surface area contributed by atoms with Gasteiger partial charge in [-0.2, -0.15) is 0 Å². The van der Waals surface area contributed by atoms with Crippen LogP contribution in [0.4, 0.5) is 11.4 Å². The summed E-state index contributed by atoms with van der Waals surface area (Å²) in [6, 6.07) is 8.70. The lowest BCUT2D eigenvalue weighted by Crippen LogP contribution is -2.29. The van der Waals surface area contributed by atoms with E-state index >= 15 is 0 Å². The Morgan fingerprint density at radius 2 is 1.31 bits per heavy atom. The van der Waals surface area contributed by atoms with Crippen molar-refractivity contribution in [3.63, 3.8) is 0 Å². The fourth-order valence-electron chi connectivity index (χ4n) is 2.52. The Bertz CT molecular complexity index is 787. The lowest BCUT2D eigenvalue weighted by Gasteiger charge is -2.15. The number of hydrogen-bond acceptors (Lipinski definition) is 5. The highest BCUT2D eigenvalue weighted by molar-refractivity contribution is 6.43. The maximum Gasteiger partial charge on any atom is 0.314 e. The molecule has 0 radical (unpaired) electrons. The van der Waals surface area contributed by atoms with Gasteiger partial charge in [0.2, 0.25) is 5.75 Å². The third kappa shape index (κ3) is 4.05. The van der Waals surface area contributed by atoms with E-state index in [-0.39, 0.29) is 0 Å². The Balaban J connectivity index is 2.20. The minimum Gasteiger partial charge on any atom is -0.493 e. The summed E-state index contributed by atoms with van der Waals surface area (Å²) >= 11 is 0. The van der Waals surface area contributed by atoms with E-state index in [4.69, 9.17) is 14.2 Å². The first-order valence-corrected chi connectivity index (χ1v) is 7.89. The van der Waals surface area contributed by atoms with E-state index in [0.29, 0.717) is 28.6 Å². The molecule has 7 nitrogen and oxygen atoms in total. The van der Waals surface area contributed by atoms with E-state index in [2.05, 4.69) is 10.6 Å². The highest BCUT2D eigenvalue weighted by Crippen LogP contribution is 2.39. The number of carbonyl (C=O) groups is 2. The summed E-state index contributed by atoms with van der Waals surface area (Å²) in [6.45, 7) is 3.72. The summed E-state index contributed by atoms with van der Waals surface area (Å²) in [7, 11) is 4.42. The Kier molecular flexibility index (Phi) is 6.06. The second-order valence-electron chi connectivity index (χ2n) is 5.59. The van der Waals surface area contributed by atoms with Crippen LogP contribution in [0.25, 0.3) is 0 Å². The van der Waals surface area contributed by atoms with E-state index < -0.39 is 11.8 Å². The predicted octanol–water partition coefficient (Wildman–Crippen LogP) is 2.91. The number of para-hydroxylation sites is 1. The van der Waals surface area contributed by atoms with Crippen LogP contribution in [-0.2, 0) is 9.59 Å². The van der Waals surface area contributed by atoms with Gasteiger partial charge >= 0.3 is 11.8 Å². The standard InChI is InChI=1S/C19H22N2O5/c1-11-7-6-8-12(2)16(11)21-19(23)18(22)20-13-9-14(24-3)17(26-5)15(10-13)25-4/h6-10H,1-5H3,(H,20,22)(H,21,23). The first-order valence-electron chi connectivity index (χ1n) is 7.89. The van der Waals surface area contributed by atoms with Gasteiger partial charge in [-0.05, 0) is 25.0 Å². The van der Waals surface area contributed by atoms with Crippen LogP contribution in [0, 0.1) is 13.8 Å². The number of rotatable bonds is 5. The third-order valence-electron chi connectivity index (χ3n) is 3.85. The number of benzene rings is 2. The maximum atomic E-state index is 12.3. The molecule has 2 amide bonds. The highest BCUT2D eigenvalue weighted by atomic mass is 16.5. The molecule has 2 aromatic rings. The molecule has 0 atom stereocenters. The van der Waals surface area contributed by atoms with Gasteiger partial charge in [0.1, 0.15) is 0 Å². The molecule has 0 unspecified atom stereocenters. The highest BCUT2D eigenvalue weighted by Gasteiger charge is 2.19. The fraction of sp³-hybridized carbons (Fsp3) is 0.263. The molecule has 0 bridgehead atoms. The third-order valence-corrected chi connectivity index (χ3v) is 3.85. The van der Waals surface area contributed by atoms with Crippen LogP contribution in [0.5, 0.6) is 17.2 Å². The molecule has 2 aromatic carbocycles. The summed E-state index contributed by atoms with van der Waals surface area (Å²) in [5, 5.41) is 5.18. The summed E-state index contributed by atoms with van der Waals surface area (Å²) in [5.74, 6) is -0.430. The second kappa shape index (κ2) is 8.24. The average molecular weight is 358 g/mol. The monoisotopic (exact) mass is 358 g/mol. The predicted molar refractivity (Wildman–Crippen MR) is 99.3 cm³/mol. The first kappa shape index (κ1) is 19.1. The molecule has 138 valence electrons. The number of aryl methyl sites for hydroxylation is 2. The molecule has 0 fully saturated rings. The van der Waals surface area contributed by atoms with Crippen molar-refractivity contribution in [2.75, 3.05) is 32.0 Å². The zero-order valence-electron chi connectivity index (χ0n) is 15.4. The second-order valence-corrected chi connectivity index (χ2v) is 5.59. The molecule has 0 saturated carbocycles. The molecule has 0 aliphatic rings. The van der Waals surface area contributed by atoms with Crippen LogP contribution in [-0.4, -0.2) is 33.1 Å². The minimum absolute atomic E-state index is 0.348. The summed E-state index contributed by atoms with van der Waals surface area (Å²) in [4.78, 5) is 24.5. The number of carbonyl (C=O) groups excluding carboxylic acids is 2. The SMILES string of the molecule is COc1cc(NC(=O)C(=O)Nc2c(C)cccc2C)cc(OC)c1OC. The van der Waals surface area contributed by atoms with Crippen molar-refractivity contribution >= 4 is 23.2 Å². The van der Waals surface area contributed by atoms with Crippen molar-refractivity contribution < 1.29 is 23.8 Å². The van der Waals surface area contributed by atoms with Crippen molar-refractivity contribution in [2.45, 2.75) is 13.8 Å². The van der Waals surface area contributed by atoms with Crippen LogP contribution in [0.3, 0.4) is 0 Å². The van der Waals surface area contributed by atoms with Gasteiger partial charge in [0.05, 0.1) is 21.3 Å². The Morgan fingerprint density at radius 1 is 0.808 bits per heavy atom. The topological polar surface area (TPSA) is 85.9 Å². The first-order chi connectivity index (χ1) is 12.4. The molecule has 26 heavy (non-hydrogen) atoms. The molecule has 0 aliphatic carbocycles. The molecule has 0 spiro atoms. The van der Waals surface area contributed by atoms with Crippen LogP contribution in [0.1, 0.15) is 11.1 Å². The number of methoxy groups -OCH3 is 3. The van der Waals surface area contributed by atoms with Crippen molar-refractivity contribution in [3.05, 3.63) is 41.5 Å². The van der Waals surface area contributed by atoms with Gasteiger partial charge in [0.15, 0.2) is 11.5 Å². The van der Waals surface area contributed by atoms with Crippen LogP contribution < -0.4 is 24.8 Å². The smallest absolute Gasteiger partial charge is 0.314 e. The minimum atomic E-state index is -0.804. The molecular weight excluding hydrogens is 336 g/mol. The van der Waals surface area contributed by atoms with Crippen LogP contribution in [0.15, 0.2) is 30.3 Å². The quantitative estimate of drug-likeness (QED) is 0.803. The number of nitrogens with one attached hydrogen (secondary N) is 2. The van der Waals surface area contributed by atoms with E-state index in [0.717, 1.165) is 11.1 Å². The lowest BCUT2D eigenvalue weighted by molar-refractivity contribution is -0.133. The van der Waals surface area contributed by atoms with Gasteiger partial charge in [-0.1, -0.05) is 18.2 Å². The summed E-state index contributed by atoms with van der Waals surface area (Å²) in [5.41, 5.74) is 2.72. The van der Waals surface area contributed by atoms with Crippen LogP contribution >= 0.6 is 0 Å². The zero-order chi connectivity index (χ0) is 19.3. The molecule has 0 aromatic heterocycles. The molecule has 7 heteroatoms. The largest absolute Gasteiger partial charge is 0.493 e. The maximum absolute atomic E-state index is 12.3. The molecule has 0 saturated heterocycles. The molecule has 0 aliphatic heterocycles. The molecular formula is C19H22N2O5. The number of amides is 2. The van der Waals surface area contributed by atoms with Crippen molar-refractivity contribution in [1.82, 2.24) is 0 Å². The van der Waals surface area contributed by atoms with Crippen LogP contribution in [0.2, 0.25) is 0 Å². The summed E-state index contributed by atoms with van der Waals surface area (Å²) in [6.07, 6.45) is 0. The van der Waals surface area contributed by atoms with E-state index in [1.807, 2.05) is 32.0 Å². The van der Waals surface area contributed by atoms with Gasteiger partial charge in [0, 0.05) is 23.5 Å². The van der Waals surface area contributed by atoms with Gasteiger partial charge in [-0.25, -0.2) is 0 Å². The van der Waals surface area contributed by atoms with Crippen molar-refractivity contribution in [1.29, 1.82) is 0 Å². The van der Waals surface area contributed by atoms with Crippen molar-refractivity contribution in [2.24, 2.45) is 0 Å². The van der Waals surface area contributed by atoms with Gasteiger partial charge in [-0.3, -0.25) is 9.59 Å². The van der Waals surface area contributed by atoms with Crippen molar-refractivity contribution in [3.8, 4) is 17.2 Å². The molecule has 2 N–H and O–H groups in total. The van der Waals surface area contributed by atoms with E-state index in [1.54, 1.807) is 12.1 Å². The normalized spacial score (nSPS) is 10.0. The summed E-state index contributed by atoms with van der Waals surface area (Å²) < 4.78 is 15.7. The average Bonchev–Trinajstić information content (AvgIpc) is 2.63. The van der Waals surface area contributed by atoms with Gasteiger partial charge in [-0.15, -0.1) is 0 Å². The lowest BCUT2D eigenvalue weighted by atomic mass is 10.1. The Labute approximate surface area is 152 Å². The Morgan fingerprint density at radius 3 is 1.77 bits per heavy atom. The van der Waals surface area contributed by atoms with Gasteiger partial charge in [0.25, 0.3) is 0 Å². The molecule has 2 rings (SSSR count). The molecule has 0 heterocycles. The number of ether oxygens (including phenoxy) is 3. The number of anilines is 2. The van der Waals surface area contributed by atoms with Gasteiger partial charge < -0.3 is 24.8 Å².